The SMILES string of the molecule is CCc1c(C)c2ccnc(N3CCc4ccccc4C3)c2n1Cc1ccc(Cl)c(Cl)c1.Cl. The van der Waals surface area contributed by atoms with Crippen molar-refractivity contribution in [2.45, 2.75) is 39.8 Å². The van der Waals surface area contributed by atoms with Crippen molar-refractivity contribution in [1.29, 1.82) is 0 Å². The minimum Gasteiger partial charge on any atom is -0.350 e. The van der Waals surface area contributed by atoms with E-state index in [1.165, 1.54) is 33.3 Å². The molecular weight excluding hydrogens is 461 g/mol. The monoisotopic (exact) mass is 485 g/mol. The van der Waals surface area contributed by atoms with Gasteiger partial charge in [-0.1, -0.05) is 60.5 Å². The van der Waals surface area contributed by atoms with Crippen molar-refractivity contribution in [2.75, 3.05) is 11.4 Å². The molecular formula is C26H26Cl3N3. The average molecular weight is 487 g/mol. The molecule has 0 saturated carbocycles. The number of hydrogen-bond donors (Lipinski definition) is 0. The predicted octanol–water partition coefficient (Wildman–Crippen LogP) is 7.25. The molecule has 2 aromatic carbocycles. The summed E-state index contributed by atoms with van der Waals surface area (Å²) in [4.78, 5) is 7.31. The highest BCUT2D eigenvalue weighted by Crippen LogP contribution is 2.35. The number of benzene rings is 2. The van der Waals surface area contributed by atoms with Crippen molar-refractivity contribution in [1.82, 2.24) is 9.55 Å². The number of anilines is 1. The van der Waals surface area contributed by atoms with Crippen molar-refractivity contribution in [3.8, 4) is 0 Å². The Morgan fingerprint density at radius 1 is 1.00 bits per heavy atom. The Labute approximate surface area is 205 Å². The molecule has 0 fully saturated rings. The molecule has 0 spiro atoms. The Morgan fingerprint density at radius 2 is 1.78 bits per heavy atom. The van der Waals surface area contributed by atoms with Gasteiger partial charge in [0.25, 0.3) is 0 Å². The average Bonchev–Trinajstić information content (AvgIpc) is 3.07. The molecule has 0 unspecified atom stereocenters. The standard InChI is InChI=1S/C26H25Cl2N3.ClH/c1-3-24-17(2)21-10-12-29-26(30-13-11-19-6-4-5-7-20(19)16-30)25(21)31(24)15-18-8-9-22(27)23(28)14-18;/h4-10,12,14H,3,11,13,15-16H2,1-2H3;1H. The van der Waals surface area contributed by atoms with Crippen LogP contribution in [-0.2, 0) is 25.9 Å². The molecule has 0 N–H and O–H groups in total. The molecule has 1 aliphatic rings. The van der Waals surface area contributed by atoms with Crippen LogP contribution in [0.4, 0.5) is 5.82 Å². The number of aromatic nitrogens is 2. The number of halogens is 3. The molecule has 4 aromatic rings. The van der Waals surface area contributed by atoms with Crippen LogP contribution in [0.3, 0.4) is 0 Å². The maximum atomic E-state index is 6.32. The van der Waals surface area contributed by atoms with Gasteiger partial charge in [-0.25, -0.2) is 4.98 Å². The molecule has 3 nitrogen and oxygen atoms in total. The Bertz CT molecular complexity index is 1280. The first-order valence-electron chi connectivity index (χ1n) is 10.8. The molecule has 0 amide bonds. The number of rotatable bonds is 4. The van der Waals surface area contributed by atoms with Gasteiger partial charge in [-0.2, -0.15) is 0 Å². The number of pyridine rings is 1. The third-order valence-corrected chi connectivity index (χ3v) is 7.17. The molecule has 0 aliphatic carbocycles. The van der Waals surface area contributed by atoms with E-state index >= 15 is 0 Å². The zero-order chi connectivity index (χ0) is 21.5. The van der Waals surface area contributed by atoms with Crippen LogP contribution < -0.4 is 4.90 Å². The van der Waals surface area contributed by atoms with Gasteiger partial charge in [0.2, 0.25) is 0 Å². The van der Waals surface area contributed by atoms with Crippen molar-refractivity contribution in [3.63, 3.8) is 0 Å². The van der Waals surface area contributed by atoms with E-state index in [2.05, 4.69) is 59.7 Å². The van der Waals surface area contributed by atoms with Crippen molar-refractivity contribution in [3.05, 3.63) is 92.7 Å². The molecule has 1 aliphatic heterocycles. The Hall–Kier alpha value is -2.20. The molecule has 0 radical (unpaired) electrons. The van der Waals surface area contributed by atoms with Crippen molar-refractivity contribution < 1.29 is 0 Å². The smallest absolute Gasteiger partial charge is 0.153 e. The van der Waals surface area contributed by atoms with Gasteiger partial charge in [-0.15, -0.1) is 12.4 Å². The van der Waals surface area contributed by atoms with Crippen LogP contribution in [0.2, 0.25) is 10.0 Å². The summed E-state index contributed by atoms with van der Waals surface area (Å²) in [5.74, 6) is 1.06. The predicted molar refractivity (Wildman–Crippen MR) is 138 cm³/mol. The molecule has 6 heteroatoms. The van der Waals surface area contributed by atoms with Gasteiger partial charge in [-0.3, -0.25) is 0 Å². The number of fused-ring (bicyclic) bond motifs is 2. The summed E-state index contributed by atoms with van der Waals surface area (Å²) in [5, 5.41) is 2.46. The fraction of sp³-hybridized carbons (Fsp3) is 0.269. The van der Waals surface area contributed by atoms with Gasteiger partial charge in [-0.05, 0) is 60.2 Å². The summed E-state index contributed by atoms with van der Waals surface area (Å²) in [6.45, 7) is 7.05. The maximum Gasteiger partial charge on any atom is 0.153 e. The van der Waals surface area contributed by atoms with Gasteiger partial charge < -0.3 is 9.47 Å². The number of hydrogen-bond acceptors (Lipinski definition) is 2. The highest BCUT2D eigenvalue weighted by atomic mass is 35.5. The van der Waals surface area contributed by atoms with Crippen LogP contribution in [-0.4, -0.2) is 16.1 Å². The summed E-state index contributed by atoms with van der Waals surface area (Å²) >= 11 is 12.5. The fourth-order valence-corrected chi connectivity index (χ4v) is 5.18. The normalized spacial score (nSPS) is 13.2. The number of aryl methyl sites for hydroxylation is 1. The lowest BCUT2D eigenvalue weighted by Crippen LogP contribution is -2.31. The molecule has 0 bridgehead atoms. The second-order valence-electron chi connectivity index (χ2n) is 8.23. The zero-order valence-corrected chi connectivity index (χ0v) is 20.6. The van der Waals surface area contributed by atoms with E-state index in [0.717, 1.165) is 43.9 Å². The van der Waals surface area contributed by atoms with Gasteiger partial charge in [0.15, 0.2) is 5.82 Å². The Kier molecular flexibility index (Phi) is 6.71. The summed E-state index contributed by atoms with van der Waals surface area (Å²) in [6, 6.07) is 16.8. The first-order valence-corrected chi connectivity index (χ1v) is 11.5. The molecule has 166 valence electrons. The molecule has 3 heterocycles. The van der Waals surface area contributed by atoms with Crippen LogP contribution in [0.5, 0.6) is 0 Å². The maximum absolute atomic E-state index is 6.32. The lowest BCUT2D eigenvalue weighted by molar-refractivity contribution is 0.715. The van der Waals surface area contributed by atoms with E-state index in [9.17, 15) is 0 Å². The first-order chi connectivity index (χ1) is 15.1. The fourth-order valence-electron chi connectivity index (χ4n) is 4.86. The van der Waals surface area contributed by atoms with E-state index in [-0.39, 0.29) is 12.4 Å². The van der Waals surface area contributed by atoms with Crippen molar-refractivity contribution in [2.24, 2.45) is 0 Å². The summed E-state index contributed by atoms with van der Waals surface area (Å²) in [7, 11) is 0. The Balaban J connectivity index is 0.00000245. The minimum absolute atomic E-state index is 0. The summed E-state index contributed by atoms with van der Waals surface area (Å²) < 4.78 is 2.42. The molecule has 5 rings (SSSR count). The van der Waals surface area contributed by atoms with E-state index in [1.807, 2.05) is 18.3 Å². The van der Waals surface area contributed by atoms with Gasteiger partial charge >= 0.3 is 0 Å². The van der Waals surface area contributed by atoms with Crippen LogP contribution in [0.15, 0.2) is 54.7 Å². The molecule has 0 atom stereocenters. The van der Waals surface area contributed by atoms with Crippen LogP contribution in [0.1, 0.15) is 34.9 Å². The van der Waals surface area contributed by atoms with Crippen molar-refractivity contribution >= 4 is 52.3 Å². The van der Waals surface area contributed by atoms with Crippen LogP contribution in [0, 0.1) is 6.92 Å². The molecule has 0 saturated heterocycles. The summed E-state index contributed by atoms with van der Waals surface area (Å²) in [5.41, 5.74) is 7.86. The Morgan fingerprint density at radius 3 is 2.53 bits per heavy atom. The third kappa shape index (κ3) is 3.98. The quantitative estimate of drug-likeness (QED) is 0.303. The summed E-state index contributed by atoms with van der Waals surface area (Å²) in [6.07, 6.45) is 3.96. The topological polar surface area (TPSA) is 21.1 Å². The van der Waals surface area contributed by atoms with E-state index in [4.69, 9.17) is 28.2 Å². The van der Waals surface area contributed by atoms with Gasteiger partial charge in [0.05, 0.1) is 15.6 Å². The van der Waals surface area contributed by atoms with Gasteiger partial charge in [0, 0.05) is 36.9 Å². The van der Waals surface area contributed by atoms with E-state index in [0.29, 0.717) is 10.0 Å². The van der Waals surface area contributed by atoms with E-state index in [1.54, 1.807) is 0 Å². The highest BCUT2D eigenvalue weighted by Gasteiger charge is 2.23. The minimum atomic E-state index is 0. The lowest BCUT2D eigenvalue weighted by Gasteiger charge is -2.30. The first kappa shape index (κ1) is 23.0. The second kappa shape index (κ2) is 9.35. The lowest BCUT2D eigenvalue weighted by atomic mass is 10.00. The zero-order valence-electron chi connectivity index (χ0n) is 18.2. The van der Waals surface area contributed by atoms with Crippen LogP contribution >= 0.6 is 35.6 Å². The molecule has 2 aromatic heterocycles. The van der Waals surface area contributed by atoms with E-state index < -0.39 is 0 Å². The number of nitrogens with zero attached hydrogens (tertiary/aromatic N) is 3. The largest absolute Gasteiger partial charge is 0.350 e. The van der Waals surface area contributed by atoms with Crippen LogP contribution in [0.25, 0.3) is 10.9 Å². The second-order valence-corrected chi connectivity index (χ2v) is 9.05. The van der Waals surface area contributed by atoms with Gasteiger partial charge in [0.1, 0.15) is 0 Å². The third-order valence-electron chi connectivity index (χ3n) is 6.43. The highest BCUT2D eigenvalue weighted by molar-refractivity contribution is 6.42. The molecule has 32 heavy (non-hydrogen) atoms.